The molecule has 20 heavy (non-hydrogen) atoms. The van der Waals surface area contributed by atoms with E-state index in [1.165, 1.54) is 0 Å². The van der Waals surface area contributed by atoms with Crippen molar-refractivity contribution < 1.29 is 17.6 Å². The van der Waals surface area contributed by atoms with E-state index < -0.39 is 23.1 Å². The van der Waals surface area contributed by atoms with E-state index in [9.17, 15) is 22.4 Å². The monoisotopic (exact) mass is 399 g/mol. The largest absolute Gasteiger partial charge is 0.419 e. The zero-order chi connectivity index (χ0) is 14.9. The molecule has 0 aliphatic rings. The Labute approximate surface area is 123 Å². The fourth-order valence-corrected chi connectivity index (χ4v) is 1.86. The van der Waals surface area contributed by atoms with Gasteiger partial charge in [0, 0.05) is 5.69 Å². The van der Waals surface area contributed by atoms with Gasteiger partial charge in [-0.3, -0.25) is 4.79 Å². The van der Waals surface area contributed by atoms with Gasteiger partial charge in [0.05, 0.1) is 11.9 Å². The first-order chi connectivity index (χ1) is 9.29. The lowest BCUT2D eigenvalue weighted by molar-refractivity contribution is -0.139. The van der Waals surface area contributed by atoms with E-state index in [0.717, 1.165) is 12.4 Å². The Morgan fingerprint density at radius 3 is 2.65 bits per heavy atom. The van der Waals surface area contributed by atoms with Crippen molar-refractivity contribution in [3.8, 4) is 0 Å². The molecule has 0 amide bonds. The number of anilines is 2. The highest BCUT2D eigenvalue weighted by Gasteiger charge is 2.34. The molecule has 0 saturated carbocycles. The summed E-state index contributed by atoms with van der Waals surface area (Å²) < 4.78 is 51.0. The minimum Gasteiger partial charge on any atom is -0.339 e. The second-order valence-electron chi connectivity index (χ2n) is 3.71. The average Bonchev–Trinajstić information content (AvgIpc) is 2.36. The quantitative estimate of drug-likeness (QED) is 0.602. The zero-order valence-corrected chi connectivity index (χ0v) is 11.7. The SMILES string of the molecule is O=c1[nH]cnc(Nc2ccc(F)c(C(F)(F)F)c2)c1I. The molecule has 4 nitrogen and oxygen atoms in total. The van der Waals surface area contributed by atoms with Crippen molar-refractivity contribution in [2.24, 2.45) is 0 Å². The summed E-state index contributed by atoms with van der Waals surface area (Å²) in [4.78, 5) is 17.4. The summed E-state index contributed by atoms with van der Waals surface area (Å²) in [7, 11) is 0. The normalized spacial score (nSPS) is 11.4. The molecule has 2 rings (SSSR count). The van der Waals surface area contributed by atoms with E-state index in [0.29, 0.717) is 12.1 Å². The van der Waals surface area contributed by atoms with Crippen LogP contribution in [0.2, 0.25) is 0 Å². The van der Waals surface area contributed by atoms with E-state index in [1.54, 1.807) is 22.6 Å². The number of nitrogens with zero attached hydrogens (tertiary/aromatic N) is 1. The van der Waals surface area contributed by atoms with Crippen LogP contribution in [0, 0.1) is 9.39 Å². The molecular weight excluding hydrogens is 393 g/mol. The van der Waals surface area contributed by atoms with E-state index in [-0.39, 0.29) is 15.1 Å². The molecule has 2 aromatic rings. The van der Waals surface area contributed by atoms with Gasteiger partial charge in [-0.2, -0.15) is 13.2 Å². The van der Waals surface area contributed by atoms with E-state index in [4.69, 9.17) is 0 Å². The van der Waals surface area contributed by atoms with Gasteiger partial charge < -0.3 is 10.3 Å². The van der Waals surface area contributed by atoms with Crippen molar-refractivity contribution in [1.29, 1.82) is 0 Å². The standard InChI is InChI=1S/C11H6F4IN3O/c12-7-2-1-5(3-6(7)11(13,14)15)19-9-8(16)10(20)18-4-17-9/h1-4H,(H2,17,18,19,20). The maximum atomic E-state index is 13.1. The van der Waals surface area contributed by atoms with Crippen molar-refractivity contribution in [3.63, 3.8) is 0 Å². The van der Waals surface area contributed by atoms with Gasteiger partial charge >= 0.3 is 6.18 Å². The molecule has 1 aromatic heterocycles. The Hall–Kier alpha value is -1.65. The molecule has 1 heterocycles. The fraction of sp³-hybridized carbons (Fsp3) is 0.0909. The maximum absolute atomic E-state index is 13.1. The van der Waals surface area contributed by atoms with Gasteiger partial charge in [-0.05, 0) is 40.8 Å². The third-order valence-electron chi connectivity index (χ3n) is 2.33. The number of rotatable bonds is 2. The molecule has 1 aromatic carbocycles. The summed E-state index contributed by atoms with van der Waals surface area (Å²) in [5.74, 6) is -1.27. The van der Waals surface area contributed by atoms with E-state index in [2.05, 4.69) is 15.3 Å². The summed E-state index contributed by atoms with van der Waals surface area (Å²) in [6.07, 6.45) is -3.68. The Balaban J connectivity index is 2.40. The molecule has 0 aliphatic carbocycles. The second kappa shape index (κ2) is 5.38. The molecular formula is C11H6F4IN3O. The van der Waals surface area contributed by atoms with Gasteiger partial charge in [0.1, 0.15) is 9.39 Å². The van der Waals surface area contributed by atoms with Crippen molar-refractivity contribution >= 4 is 34.1 Å². The molecule has 2 N–H and O–H groups in total. The molecule has 0 bridgehead atoms. The molecule has 9 heteroatoms. The molecule has 0 spiro atoms. The summed E-state index contributed by atoms with van der Waals surface area (Å²) >= 11 is 1.70. The number of alkyl halides is 3. The molecule has 0 aliphatic heterocycles. The second-order valence-corrected chi connectivity index (χ2v) is 4.79. The molecule has 0 atom stereocenters. The predicted molar refractivity (Wildman–Crippen MR) is 72.3 cm³/mol. The zero-order valence-electron chi connectivity index (χ0n) is 9.55. The number of aromatic nitrogens is 2. The van der Waals surface area contributed by atoms with Crippen molar-refractivity contribution in [3.05, 3.63) is 49.8 Å². The van der Waals surface area contributed by atoms with Crippen LogP contribution in [0.25, 0.3) is 0 Å². The van der Waals surface area contributed by atoms with Crippen LogP contribution >= 0.6 is 22.6 Å². The van der Waals surface area contributed by atoms with Crippen LogP contribution < -0.4 is 10.9 Å². The molecule has 106 valence electrons. The van der Waals surface area contributed by atoms with E-state index >= 15 is 0 Å². The topological polar surface area (TPSA) is 57.8 Å². The van der Waals surface area contributed by atoms with Crippen molar-refractivity contribution in [2.75, 3.05) is 5.32 Å². The number of halogens is 5. The van der Waals surface area contributed by atoms with Gasteiger partial charge in [-0.25, -0.2) is 9.37 Å². The molecule has 0 unspecified atom stereocenters. The highest BCUT2D eigenvalue weighted by Crippen LogP contribution is 2.33. The number of hydrogen-bond donors (Lipinski definition) is 2. The third kappa shape index (κ3) is 3.08. The Morgan fingerprint density at radius 2 is 2.00 bits per heavy atom. The van der Waals surface area contributed by atoms with Crippen LogP contribution in [0.15, 0.2) is 29.3 Å². The first-order valence-electron chi connectivity index (χ1n) is 5.16. The number of hydrogen-bond acceptors (Lipinski definition) is 3. The summed E-state index contributed by atoms with van der Waals surface area (Å²) in [6.45, 7) is 0. The number of benzene rings is 1. The molecule has 0 radical (unpaired) electrons. The van der Waals surface area contributed by atoms with E-state index in [1.807, 2.05) is 0 Å². The van der Waals surface area contributed by atoms with Gasteiger partial charge in [-0.1, -0.05) is 0 Å². The lowest BCUT2D eigenvalue weighted by Crippen LogP contribution is -2.13. The minimum absolute atomic E-state index is 0.0188. The highest BCUT2D eigenvalue weighted by atomic mass is 127. The first kappa shape index (κ1) is 14.8. The summed E-state index contributed by atoms with van der Waals surface area (Å²) in [5, 5.41) is 2.55. The summed E-state index contributed by atoms with van der Waals surface area (Å²) in [6, 6.07) is 2.45. The van der Waals surface area contributed by atoms with Crippen molar-refractivity contribution in [1.82, 2.24) is 9.97 Å². The van der Waals surface area contributed by atoms with Crippen LogP contribution in [0.1, 0.15) is 5.56 Å². The Kier molecular flexibility index (Phi) is 3.97. The van der Waals surface area contributed by atoms with Crippen LogP contribution in [0.4, 0.5) is 29.1 Å². The minimum atomic E-state index is -4.80. The molecule has 0 fully saturated rings. The molecule has 0 saturated heterocycles. The van der Waals surface area contributed by atoms with Crippen LogP contribution in [0.3, 0.4) is 0 Å². The van der Waals surface area contributed by atoms with Crippen LogP contribution in [-0.2, 0) is 6.18 Å². The lowest BCUT2D eigenvalue weighted by Gasteiger charge is -2.11. The number of nitrogens with one attached hydrogen (secondary N) is 2. The predicted octanol–water partition coefficient (Wildman–Crippen LogP) is 3.28. The Bertz CT molecular complexity index is 699. The van der Waals surface area contributed by atoms with Gasteiger partial charge in [-0.15, -0.1) is 0 Å². The third-order valence-corrected chi connectivity index (χ3v) is 3.33. The Morgan fingerprint density at radius 1 is 1.30 bits per heavy atom. The first-order valence-corrected chi connectivity index (χ1v) is 6.24. The lowest BCUT2D eigenvalue weighted by atomic mass is 10.2. The maximum Gasteiger partial charge on any atom is 0.419 e. The van der Waals surface area contributed by atoms with Crippen molar-refractivity contribution in [2.45, 2.75) is 6.18 Å². The number of aromatic amines is 1. The van der Waals surface area contributed by atoms with Crippen LogP contribution in [-0.4, -0.2) is 9.97 Å². The summed E-state index contributed by atoms with van der Waals surface area (Å²) in [5.41, 5.74) is -1.83. The number of H-pyrrole nitrogens is 1. The van der Waals surface area contributed by atoms with Gasteiger partial charge in [0.2, 0.25) is 0 Å². The fourth-order valence-electron chi connectivity index (χ4n) is 1.43. The average molecular weight is 399 g/mol. The van der Waals surface area contributed by atoms with Gasteiger partial charge in [0.25, 0.3) is 5.56 Å². The van der Waals surface area contributed by atoms with Crippen LogP contribution in [0.5, 0.6) is 0 Å². The van der Waals surface area contributed by atoms with Gasteiger partial charge in [0.15, 0.2) is 5.82 Å². The highest BCUT2D eigenvalue weighted by molar-refractivity contribution is 14.1. The smallest absolute Gasteiger partial charge is 0.339 e.